The molecule has 0 fully saturated rings. The molecule has 2 heterocycles. The zero-order valence-electron chi connectivity index (χ0n) is 15.2. The lowest BCUT2D eigenvalue weighted by Gasteiger charge is -2.10. The third-order valence-electron chi connectivity index (χ3n) is 3.94. The van der Waals surface area contributed by atoms with Gasteiger partial charge in [-0.25, -0.2) is 4.39 Å². The molecule has 0 saturated carbocycles. The third-order valence-corrected chi connectivity index (χ3v) is 3.94. The second kappa shape index (κ2) is 7.53. The molecule has 0 saturated heterocycles. The average molecular weight is 370 g/mol. The molecule has 0 spiro atoms. The molecular formula is C19H19FN4O3. The van der Waals surface area contributed by atoms with Gasteiger partial charge in [-0.3, -0.25) is 9.59 Å². The summed E-state index contributed by atoms with van der Waals surface area (Å²) in [6, 6.07) is 6.97. The number of carbonyl (C=O) groups excluding carboxylic acids is 1. The Kier molecular flexibility index (Phi) is 5.16. The summed E-state index contributed by atoms with van der Waals surface area (Å²) in [6.07, 6.45) is 1.50. The Hall–Kier alpha value is -3.29. The molecule has 7 nitrogen and oxygen atoms in total. The molecule has 27 heavy (non-hydrogen) atoms. The van der Waals surface area contributed by atoms with Gasteiger partial charge >= 0.3 is 0 Å². The monoisotopic (exact) mass is 370 g/mol. The largest absolute Gasteiger partial charge is 0.420 e. The van der Waals surface area contributed by atoms with Gasteiger partial charge in [-0.1, -0.05) is 13.8 Å². The number of aryl methyl sites for hydroxylation is 1. The molecule has 0 unspecified atom stereocenters. The smallest absolute Gasteiger partial charge is 0.251 e. The van der Waals surface area contributed by atoms with E-state index >= 15 is 0 Å². The van der Waals surface area contributed by atoms with E-state index in [1.54, 1.807) is 13.0 Å². The minimum atomic E-state index is -0.405. The van der Waals surface area contributed by atoms with Crippen LogP contribution in [-0.4, -0.2) is 20.7 Å². The van der Waals surface area contributed by atoms with Crippen molar-refractivity contribution in [2.45, 2.75) is 33.2 Å². The van der Waals surface area contributed by atoms with E-state index in [2.05, 4.69) is 15.5 Å². The van der Waals surface area contributed by atoms with Crippen LogP contribution in [0.1, 0.15) is 31.2 Å². The first-order valence-electron chi connectivity index (χ1n) is 8.44. The van der Waals surface area contributed by atoms with Crippen LogP contribution in [0.3, 0.4) is 0 Å². The topological polar surface area (TPSA) is 90.0 Å². The van der Waals surface area contributed by atoms with E-state index in [0.29, 0.717) is 22.7 Å². The second-order valence-electron chi connectivity index (χ2n) is 6.49. The Bertz CT molecular complexity index is 1040. The first-order valence-corrected chi connectivity index (χ1v) is 8.44. The van der Waals surface area contributed by atoms with Crippen molar-refractivity contribution in [1.82, 2.24) is 14.8 Å². The van der Waals surface area contributed by atoms with E-state index in [0.717, 1.165) is 0 Å². The normalized spacial score (nSPS) is 11.0. The lowest BCUT2D eigenvalue weighted by atomic mass is 10.2. The molecular weight excluding hydrogens is 351 g/mol. The van der Waals surface area contributed by atoms with Gasteiger partial charge in [-0.05, 0) is 36.8 Å². The van der Waals surface area contributed by atoms with Crippen LogP contribution in [0.25, 0.3) is 11.5 Å². The number of halogens is 1. The van der Waals surface area contributed by atoms with Gasteiger partial charge in [-0.2, -0.15) is 0 Å². The summed E-state index contributed by atoms with van der Waals surface area (Å²) in [4.78, 5) is 24.4. The van der Waals surface area contributed by atoms with Gasteiger partial charge in [-0.15, -0.1) is 10.2 Å². The third kappa shape index (κ3) is 4.28. The molecule has 1 aromatic carbocycles. The van der Waals surface area contributed by atoms with Crippen LogP contribution < -0.4 is 10.9 Å². The van der Waals surface area contributed by atoms with Crippen LogP contribution in [0.4, 0.5) is 10.1 Å². The maximum atomic E-state index is 13.2. The molecule has 3 aromatic rings. The van der Waals surface area contributed by atoms with Gasteiger partial charge in [0, 0.05) is 23.9 Å². The van der Waals surface area contributed by atoms with Crippen molar-refractivity contribution in [3.05, 3.63) is 64.2 Å². The second-order valence-corrected chi connectivity index (χ2v) is 6.49. The molecule has 0 aliphatic heterocycles. The minimum Gasteiger partial charge on any atom is -0.420 e. The van der Waals surface area contributed by atoms with Gasteiger partial charge in [0.1, 0.15) is 12.4 Å². The molecule has 0 aliphatic carbocycles. The van der Waals surface area contributed by atoms with Crippen LogP contribution in [0.5, 0.6) is 0 Å². The summed E-state index contributed by atoms with van der Waals surface area (Å²) >= 11 is 0. The van der Waals surface area contributed by atoms with Crippen molar-refractivity contribution >= 4 is 11.6 Å². The Morgan fingerprint density at radius 2 is 2.04 bits per heavy atom. The zero-order valence-corrected chi connectivity index (χ0v) is 15.2. The summed E-state index contributed by atoms with van der Waals surface area (Å²) < 4.78 is 20.0. The maximum absolute atomic E-state index is 13.2. The summed E-state index contributed by atoms with van der Waals surface area (Å²) in [5.74, 6) is 0.0727. The Morgan fingerprint density at radius 3 is 2.70 bits per heavy atom. The average Bonchev–Trinajstić information content (AvgIpc) is 3.10. The predicted octanol–water partition coefficient (Wildman–Crippen LogP) is 3.11. The molecule has 140 valence electrons. The number of hydrogen-bond donors (Lipinski definition) is 1. The van der Waals surface area contributed by atoms with Crippen molar-refractivity contribution in [2.75, 3.05) is 5.32 Å². The van der Waals surface area contributed by atoms with Crippen molar-refractivity contribution < 1.29 is 13.6 Å². The molecule has 0 aliphatic rings. The Balaban J connectivity index is 1.79. The van der Waals surface area contributed by atoms with E-state index in [1.807, 2.05) is 13.8 Å². The van der Waals surface area contributed by atoms with Crippen molar-refractivity contribution in [3.8, 4) is 11.5 Å². The number of pyridine rings is 1. The van der Waals surface area contributed by atoms with Gasteiger partial charge in [0.2, 0.25) is 17.7 Å². The lowest BCUT2D eigenvalue weighted by Crippen LogP contribution is -2.27. The van der Waals surface area contributed by atoms with Crippen LogP contribution in [0.2, 0.25) is 0 Å². The molecule has 2 aromatic heterocycles. The summed E-state index contributed by atoms with van der Waals surface area (Å²) in [5, 5.41) is 10.6. The summed E-state index contributed by atoms with van der Waals surface area (Å²) in [5.41, 5.74) is 1.29. The molecule has 8 heteroatoms. The minimum absolute atomic E-state index is 0.0851. The van der Waals surface area contributed by atoms with Crippen molar-refractivity contribution in [1.29, 1.82) is 0 Å². The van der Waals surface area contributed by atoms with Gasteiger partial charge in [0.05, 0.1) is 5.56 Å². The molecule has 0 bridgehead atoms. The number of amides is 1. The number of benzene rings is 1. The summed E-state index contributed by atoms with van der Waals surface area (Å²) in [7, 11) is 0. The van der Waals surface area contributed by atoms with E-state index < -0.39 is 5.91 Å². The number of nitrogens with one attached hydrogen (secondary N) is 1. The lowest BCUT2D eigenvalue weighted by molar-refractivity contribution is -0.116. The molecule has 1 N–H and O–H groups in total. The van der Waals surface area contributed by atoms with Crippen LogP contribution >= 0.6 is 0 Å². The number of rotatable bonds is 5. The standard InChI is InChI=1S/C19H19FN4O3/c1-11(2)18-22-23-19(27-18)13-4-7-17(26)24(9-13)10-16(25)21-15-6-5-14(20)8-12(15)3/h4-9,11H,10H2,1-3H3,(H,21,25). The van der Waals surface area contributed by atoms with Crippen LogP contribution in [0, 0.1) is 12.7 Å². The SMILES string of the molecule is Cc1cc(F)ccc1NC(=O)Cn1cc(-c2nnc(C(C)C)o2)ccc1=O. The van der Waals surface area contributed by atoms with Gasteiger partial charge in [0.25, 0.3) is 5.56 Å². The highest BCUT2D eigenvalue weighted by molar-refractivity contribution is 5.91. The Morgan fingerprint density at radius 1 is 1.26 bits per heavy atom. The predicted molar refractivity (Wildman–Crippen MR) is 97.8 cm³/mol. The fraction of sp³-hybridized carbons (Fsp3) is 0.263. The fourth-order valence-electron chi connectivity index (χ4n) is 2.48. The quantitative estimate of drug-likeness (QED) is 0.745. The van der Waals surface area contributed by atoms with Crippen molar-refractivity contribution in [3.63, 3.8) is 0 Å². The number of anilines is 1. The number of carbonyl (C=O) groups is 1. The Labute approximate surface area is 154 Å². The molecule has 0 radical (unpaired) electrons. The van der Waals surface area contributed by atoms with Crippen LogP contribution in [0.15, 0.2) is 45.7 Å². The van der Waals surface area contributed by atoms with Gasteiger partial charge < -0.3 is 14.3 Å². The molecule has 0 atom stereocenters. The van der Waals surface area contributed by atoms with E-state index in [1.165, 1.54) is 35.0 Å². The van der Waals surface area contributed by atoms with E-state index in [-0.39, 0.29) is 29.7 Å². The van der Waals surface area contributed by atoms with E-state index in [9.17, 15) is 14.0 Å². The fourth-order valence-corrected chi connectivity index (χ4v) is 2.48. The zero-order chi connectivity index (χ0) is 19.6. The van der Waals surface area contributed by atoms with E-state index in [4.69, 9.17) is 4.42 Å². The van der Waals surface area contributed by atoms with Crippen LogP contribution in [-0.2, 0) is 11.3 Å². The first-order chi connectivity index (χ1) is 12.8. The van der Waals surface area contributed by atoms with Gasteiger partial charge in [0.15, 0.2) is 0 Å². The maximum Gasteiger partial charge on any atom is 0.251 e. The number of aromatic nitrogens is 3. The van der Waals surface area contributed by atoms with Crippen molar-refractivity contribution in [2.24, 2.45) is 0 Å². The summed E-state index contributed by atoms with van der Waals surface area (Å²) in [6.45, 7) is 5.35. The number of nitrogens with zero attached hydrogens (tertiary/aromatic N) is 3. The highest BCUT2D eigenvalue weighted by atomic mass is 19.1. The first kappa shape index (κ1) is 18.5. The molecule has 3 rings (SSSR count). The number of hydrogen-bond acceptors (Lipinski definition) is 5. The highest BCUT2D eigenvalue weighted by Crippen LogP contribution is 2.20. The molecule has 1 amide bonds. The highest BCUT2D eigenvalue weighted by Gasteiger charge is 2.14.